The molecule has 1 aromatic carbocycles. The lowest BCUT2D eigenvalue weighted by molar-refractivity contribution is 0.240. The molecule has 1 aromatic rings. The van der Waals surface area contributed by atoms with Crippen LogP contribution >= 0.6 is 0 Å². The number of amides is 2. The molecule has 4 heteroatoms. The SMILES string of the molecule is CNC(=O)NCC(C)(C)c1ccc(OC)c(C)c1C. The van der Waals surface area contributed by atoms with Crippen LogP contribution < -0.4 is 15.4 Å². The summed E-state index contributed by atoms with van der Waals surface area (Å²) in [5, 5.41) is 5.43. The summed E-state index contributed by atoms with van der Waals surface area (Å²) in [7, 11) is 3.30. The molecule has 2 N–H and O–H groups in total. The number of rotatable bonds is 4. The minimum atomic E-state index is -0.157. The molecule has 0 fully saturated rings. The fourth-order valence-corrected chi connectivity index (χ4v) is 2.23. The molecule has 0 saturated carbocycles. The van der Waals surface area contributed by atoms with Gasteiger partial charge in [0.2, 0.25) is 0 Å². The minimum absolute atomic E-state index is 0.131. The summed E-state index contributed by atoms with van der Waals surface area (Å²) in [5.41, 5.74) is 3.45. The van der Waals surface area contributed by atoms with Gasteiger partial charge in [0.15, 0.2) is 0 Å². The first kappa shape index (κ1) is 15.3. The molecule has 19 heavy (non-hydrogen) atoms. The molecule has 0 aliphatic carbocycles. The molecule has 0 spiro atoms. The molecule has 0 unspecified atom stereocenters. The van der Waals surface area contributed by atoms with E-state index in [2.05, 4.69) is 44.4 Å². The zero-order valence-electron chi connectivity index (χ0n) is 12.7. The van der Waals surface area contributed by atoms with Crippen molar-refractivity contribution in [3.05, 3.63) is 28.8 Å². The molecular weight excluding hydrogens is 240 g/mol. The lowest BCUT2D eigenvalue weighted by atomic mass is 9.80. The Morgan fingerprint density at radius 2 is 1.89 bits per heavy atom. The maximum Gasteiger partial charge on any atom is 0.314 e. The van der Waals surface area contributed by atoms with Gasteiger partial charge in [-0.15, -0.1) is 0 Å². The van der Waals surface area contributed by atoms with Gasteiger partial charge in [0, 0.05) is 19.0 Å². The Balaban J connectivity index is 3.01. The topological polar surface area (TPSA) is 50.4 Å². The van der Waals surface area contributed by atoms with E-state index in [4.69, 9.17) is 4.74 Å². The lowest BCUT2D eigenvalue weighted by Crippen LogP contribution is -2.41. The van der Waals surface area contributed by atoms with Gasteiger partial charge in [-0.3, -0.25) is 0 Å². The first-order valence-corrected chi connectivity index (χ1v) is 6.43. The van der Waals surface area contributed by atoms with Gasteiger partial charge < -0.3 is 15.4 Å². The summed E-state index contributed by atoms with van der Waals surface area (Å²) in [6.07, 6.45) is 0. The molecule has 0 bridgehead atoms. The number of methoxy groups -OCH3 is 1. The van der Waals surface area contributed by atoms with E-state index in [1.807, 2.05) is 6.07 Å². The van der Waals surface area contributed by atoms with E-state index in [1.165, 1.54) is 11.1 Å². The van der Waals surface area contributed by atoms with Crippen LogP contribution in [-0.2, 0) is 5.41 Å². The van der Waals surface area contributed by atoms with Gasteiger partial charge in [-0.2, -0.15) is 0 Å². The molecule has 2 amide bonds. The monoisotopic (exact) mass is 264 g/mol. The average Bonchev–Trinajstić information content (AvgIpc) is 2.38. The molecule has 0 radical (unpaired) electrons. The summed E-state index contributed by atoms with van der Waals surface area (Å²) in [4.78, 5) is 11.3. The van der Waals surface area contributed by atoms with Crippen LogP contribution in [0.5, 0.6) is 5.75 Å². The van der Waals surface area contributed by atoms with Crippen LogP contribution in [0.15, 0.2) is 12.1 Å². The highest BCUT2D eigenvalue weighted by Gasteiger charge is 2.24. The van der Waals surface area contributed by atoms with Crippen LogP contribution in [0.2, 0.25) is 0 Å². The standard InChI is InChI=1S/C15H24N2O2/c1-10-11(2)13(19-6)8-7-12(10)15(3,4)9-17-14(18)16-5/h7-8H,9H2,1-6H3,(H2,16,17,18). The van der Waals surface area contributed by atoms with Gasteiger partial charge in [-0.25, -0.2) is 4.79 Å². The predicted octanol–water partition coefficient (Wildman–Crippen LogP) is 2.52. The smallest absolute Gasteiger partial charge is 0.314 e. The summed E-state index contributed by atoms with van der Waals surface area (Å²) < 4.78 is 5.33. The third-order valence-corrected chi connectivity index (χ3v) is 3.60. The second-order valence-electron chi connectivity index (χ2n) is 5.38. The van der Waals surface area contributed by atoms with E-state index in [-0.39, 0.29) is 11.4 Å². The summed E-state index contributed by atoms with van der Waals surface area (Å²) in [6, 6.07) is 3.90. The van der Waals surface area contributed by atoms with Gasteiger partial charge in [0.05, 0.1) is 7.11 Å². The van der Waals surface area contributed by atoms with Crippen molar-refractivity contribution in [1.29, 1.82) is 0 Å². The Morgan fingerprint density at radius 1 is 1.26 bits per heavy atom. The van der Waals surface area contributed by atoms with Crippen LogP contribution in [0.25, 0.3) is 0 Å². The van der Waals surface area contributed by atoms with E-state index in [1.54, 1.807) is 14.2 Å². The first-order chi connectivity index (χ1) is 8.83. The number of hydrogen-bond donors (Lipinski definition) is 2. The quantitative estimate of drug-likeness (QED) is 0.878. The number of ether oxygens (including phenoxy) is 1. The fourth-order valence-electron chi connectivity index (χ4n) is 2.23. The fraction of sp³-hybridized carbons (Fsp3) is 0.533. The van der Waals surface area contributed by atoms with Crippen LogP contribution in [0.1, 0.15) is 30.5 Å². The van der Waals surface area contributed by atoms with Crippen molar-refractivity contribution in [2.75, 3.05) is 20.7 Å². The largest absolute Gasteiger partial charge is 0.496 e. The number of carbonyl (C=O) groups is 1. The maximum absolute atomic E-state index is 11.3. The highest BCUT2D eigenvalue weighted by Crippen LogP contribution is 2.31. The third kappa shape index (κ3) is 3.40. The minimum Gasteiger partial charge on any atom is -0.496 e. The number of carbonyl (C=O) groups excluding carboxylic acids is 1. The molecule has 1 rings (SSSR count). The summed E-state index contributed by atoms with van der Waals surface area (Å²) >= 11 is 0. The van der Waals surface area contributed by atoms with Crippen LogP contribution in [0.4, 0.5) is 4.79 Å². The third-order valence-electron chi connectivity index (χ3n) is 3.60. The number of nitrogens with one attached hydrogen (secondary N) is 2. The molecule has 0 aliphatic rings. The average molecular weight is 264 g/mol. The van der Waals surface area contributed by atoms with Crippen molar-refractivity contribution in [3.63, 3.8) is 0 Å². The molecule has 106 valence electrons. The van der Waals surface area contributed by atoms with E-state index in [0.29, 0.717) is 6.54 Å². The highest BCUT2D eigenvalue weighted by molar-refractivity contribution is 5.73. The normalized spacial score (nSPS) is 11.1. The lowest BCUT2D eigenvalue weighted by Gasteiger charge is -2.28. The van der Waals surface area contributed by atoms with Crippen molar-refractivity contribution in [2.24, 2.45) is 0 Å². The summed E-state index contributed by atoms with van der Waals surface area (Å²) in [6.45, 7) is 8.97. The van der Waals surface area contributed by atoms with E-state index in [9.17, 15) is 4.79 Å². The molecule has 0 heterocycles. The second-order valence-corrected chi connectivity index (χ2v) is 5.38. The van der Waals surface area contributed by atoms with E-state index >= 15 is 0 Å². The van der Waals surface area contributed by atoms with Crippen LogP contribution in [-0.4, -0.2) is 26.7 Å². The number of hydrogen-bond acceptors (Lipinski definition) is 2. The zero-order chi connectivity index (χ0) is 14.6. The highest BCUT2D eigenvalue weighted by atomic mass is 16.5. The Labute approximate surface area is 115 Å². The first-order valence-electron chi connectivity index (χ1n) is 6.43. The van der Waals surface area contributed by atoms with Gasteiger partial charge in [-0.1, -0.05) is 19.9 Å². The van der Waals surface area contributed by atoms with Crippen LogP contribution in [0, 0.1) is 13.8 Å². The summed E-state index contributed by atoms with van der Waals surface area (Å²) in [5.74, 6) is 0.899. The predicted molar refractivity (Wildman–Crippen MR) is 78.0 cm³/mol. The van der Waals surface area contributed by atoms with Crippen molar-refractivity contribution in [2.45, 2.75) is 33.1 Å². The Bertz CT molecular complexity index is 467. The van der Waals surface area contributed by atoms with Gasteiger partial charge in [0.25, 0.3) is 0 Å². The molecule has 0 aromatic heterocycles. The maximum atomic E-state index is 11.3. The molecule has 0 aliphatic heterocycles. The Kier molecular flexibility index (Phi) is 4.81. The number of benzene rings is 1. The Morgan fingerprint density at radius 3 is 2.42 bits per heavy atom. The van der Waals surface area contributed by atoms with Crippen molar-refractivity contribution < 1.29 is 9.53 Å². The zero-order valence-corrected chi connectivity index (χ0v) is 12.7. The molecule has 0 saturated heterocycles. The number of urea groups is 1. The van der Waals surface area contributed by atoms with Crippen LogP contribution in [0.3, 0.4) is 0 Å². The van der Waals surface area contributed by atoms with Gasteiger partial charge in [0.1, 0.15) is 5.75 Å². The van der Waals surface area contributed by atoms with Gasteiger partial charge >= 0.3 is 6.03 Å². The van der Waals surface area contributed by atoms with Crippen molar-refractivity contribution >= 4 is 6.03 Å². The molecular formula is C15H24N2O2. The van der Waals surface area contributed by atoms with Crippen molar-refractivity contribution in [3.8, 4) is 5.75 Å². The molecule has 4 nitrogen and oxygen atoms in total. The Hall–Kier alpha value is -1.71. The van der Waals surface area contributed by atoms with E-state index in [0.717, 1.165) is 11.3 Å². The second kappa shape index (κ2) is 5.95. The van der Waals surface area contributed by atoms with Gasteiger partial charge in [-0.05, 0) is 36.6 Å². The molecule has 0 atom stereocenters. The van der Waals surface area contributed by atoms with Crippen molar-refractivity contribution in [1.82, 2.24) is 10.6 Å². The van der Waals surface area contributed by atoms with E-state index < -0.39 is 0 Å².